The number of hydrogen-bond donors (Lipinski definition) is 2. The van der Waals surface area contributed by atoms with Gasteiger partial charge in [0.05, 0.1) is 12.2 Å². The highest BCUT2D eigenvalue weighted by Crippen LogP contribution is 2.42. The molecule has 4 rings (SSSR count). The fourth-order valence-electron chi connectivity index (χ4n) is 4.62. The third-order valence-corrected chi connectivity index (χ3v) is 6.18. The minimum atomic E-state index is -1.26. The first-order valence-corrected chi connectivity index (χ1v) is 12.4. The van der Waals surface area contributed by atoms with Gasteiger partial charge in [-0.05, 0) is 106 Å². The quantitative estimate of drug-likeness (QED) is 0.382. The highest BCUT2D eigenvalue weighted by Gasteiger charge is 2.33. The van der Waals surface area contributed by atoms with Crippen LogP contribution in [-0.4, -0.2) is 29.4 Å². The van der Waals surface area contributed by atoms with Gasteiger partial charge in [-0.25, -0.2) is 9.59 Å². The van der Waals surface area contributed by atoms with Gasteiger partial charge >= 0.3 is 12.1 Å². The summed E-state index contributed by atoms with van der Waals surface area (Å²) in [5.41, 5.74) is 4.36. The maximum absolute atomic E-state index is 12.7. The van der Waals surface area contributed by atoms with Crippen molar-refractivity contribution in [3.05, 3.63) is 76.9 Å². The van der Waals surface area contributed by atoms with E-state index in [1.54, 1.807) is 31.2 Å². The molecule has 7 heteroatoms. The van der Waals surface area contributed by atoms with Crippen molar-refractivity contribution < 1.29 is 28.9 Å². The average Bonchev–Trinajstić information content (AvgIpc) is 2.84. The van der Waals surface area contributed by atoms with Crippen molar-refractivity contribution in [2.24, 2.45) is 0 Å². The molecule has 0 bridgehead atoms. The molecule has 1 amide bonds. The summed E-state index contributed by atoms with van der Waals surface area (Å²) in [5.74, 6) is 0.152. The number of anilines is 1. The second kappa shape index (κ2) is 10.6. The molecule has 0 saturated heterocycles. The van der Waals surface area contributed by atoms with Crippen LogP contribution in [0.2, 0.25) is 0 Å². The summed E-state index contributed by atoms with van der Waals surface area (Å²) in [6, 6.07) is 16.5. The predicted octanol–water partition coefficient (Wildman–Crippen LogP) is 6.85. The highest BCUT2D eigenvalue weighted by atomic mass is 16.6. The van der Waals surface area contributed by atoms with Gasteiger partial charge in [0.1, 0.15) is 11.5 Å². The summed E-state index contributed by atoms with van der Waals surface area (Å²) >= 11 is 0. The number of carbonyl (C=O) groups is 2. The van der Waals surface area contributed by atoms with Crippen LogP contribution in [0.25, 0.3) is 11.1 Å². The second-order valence-electron chi connectivity index (χ2n) is 10.2. The fraction of sp³-hybridized carbons (Fsp3) is 0.333. The topological polar surface area (TPSA) is 94.1 Å². The number of carboxylic acid groups (broad SMARTS) is 1. The first kappa shape index (κ1) is 26.2. The number of amides is 1. The Morgan fingerprint density at radius 3 is 2.46 bits per heavy atom. The standard InChI is InChI=1S/C30H33NO6/c1-18-16-23(31-29(34)36-22-11-7-6-8-12-22)19(2)26(27(28(32)33)37-30(3,4)5)25(18)21-13-14-24-20(17-21)10-9-15-35-24/h6-8,11-14,16-17,27H,9-10,15H2,1-5H3,(H,31,34)(H,32,33). The zero-order chi connectivity index (χ0) is 26.7. The molecule has 1 aliphatic heterocycles. The lowest BCUT2D eigenvalue weighted by Gasteiger charge is -2.30. The minimum Gasteiger partial charge on any atom is -0.493 e. The Hall–Kier alpha value is -3.84. The van der Waals surface area contributed by atoms with E-state index < -0.39 is 23.8 Å². The van der Waals surface area contributed by atoms with Crippen LogP contribution in [0.15, 0.2) is 54.6 Å². The van der Waals surface area contributed by atoms with Crippen LogP contribution in [-0.2, 0) is 16.0 Å². The minimum absolute atomic E-state index is 0.405. The lowest BCUT2D eigenvalue weighted by Crippen LogP contribution is -2.29. The molecule has 0 spiro atoms. The van der Waals surface area contributed by atoms with Gasteiger partial charge in [0, 0.05) is 11.3 Å². The van der Waals surface area contributed by atoms with Gasteiger partial charge in [-0.1, -0.05) is 24.3 Å². The molecular formula is C30H33NO6. The molecule has 37 heavy (non-hydrogen) atoms. The van der Waals surface area contributed by atoms with E-state index in [9.17, 15) is 14.7 Å². The fourth-order valence-corrected chi connectivity index (χ4v) is 4.62. The van der Waals surface area contributed by atoms with Gasteiger partial charge in [0.2, 0.25) is 0 Å². The van der Waals surface area contributed by atoms with Crippen LogP contribution in [0.3, 0.4) is 0 Å². The van der Waals surface area contributed by atoms with Gasteiger partial charge in [-0.15, -0.1) is 0 Å². The van der Waals surface area contributed by atoms with E-state index in [0.29, 0.717) is 29.2 Å². The Kier molecular flexibility index (Phi) is 7.55. The van der Waals surface area contributed by atoms with Crippen molar-refractivity contribution in [1.29, 1.82) is 0 Å². The molecule has 2 N–H and O–H groups in total. The molecular weight excluding hydrogens is 470 g/mol. The van der Waals surface area contributed by atoms with Crippen LogP contribution < -0.4 is 14.8 Å². The summed E-state index contributed by atoms with van der Waals surface area (Å²) in [7, 11) is 0. The van der Waals surface area contributed by atoms with E-state index in [-0.39, 0.29) is 0 Å². The maximum atomic E-state index is 12.7. The maximum Gasteiger partial charge on any atom is 0.417 e. The van der Waals surface area contributed by atoms with Gasteiger partial charge in [-0.2, -0.15) is 0 Å². The molecule has 1 unspecified atom stereocenters. The van der Waals surface area contributed by atoms with Crippen LogP contribution >= 0.6 is 0 Å². The molecule has 194 valence electrons. The van der Waals surface area contributed by atoms with E-state index in [1.165, 1.54) is 0 Å². The Bertz CT molecular complexity index is 1310. The number of para-hydroxylation sites is 1. The van der Waals surface area contributed by atoms with Crippen molar-refractivity contribution >= 4 is 17.7 Å². The van der Waals surface area contributed by atoms with Crippen LogP contribution in [0.5, 0.6) is 11.5 Å². The molecule has 0 fully saturated rings. The van der Waals surface area contributed by atoms with Crippen LogP contribution in [0, 0.1) is 13.8 Å². The molecule has 3 aromatic carbocycles. The van der Waals surface area contributed by atoms with Gasteiger partial charge in [0.25, 0.3) is 0 Å². The number of fused-ring (bicyclic) bond motifs is 1. The van der Waals surface area contributed by atoms with Crippen molar-refractivity contribution in [2.45, 2.75) is 59.2 Å². The normalized spacial score (nSPS) is 13.8. The molecule has 1 heterocycles. The first-order chi connectivity index (χ1) is 17.5. The zero-order valence-corrected chi connectivity index (χ0v) is 21.9. The number of carboxylic acids is 1. The first-order valence-electron chi connectivity index (χ1n) is 12.4. The van der Waals surface area contributed by atoms with E-state index in [0.717, 1.165) is 40.8 Å². The Labute approximate surface area is 217 Å². The van der Waals surface area contributed by atoms with E-state index in [2.05, 4.69) is 11.4 Å². The molecule has 0 saturated carbocycles. The number of aryl methyl sites for hydroxylation is 2. The summed E-state index contributed by atoms with van der Waals surface area (Å²) in [6.07, 6.45) is -0.101. The van der Waals surface area contributed by atoms with Crippen LogP contribution in [0.1, 0.15) is 55.5 Å². The third-order valence-electron chi connectivity index (χ3n) is 6.18. The lowest BCUT2D eigenvalue weighted by atomic mass is 9.86. The molecule has 3 aromatic rings. The average molecular weight is 504 g/mol. The molecule has 0 aromatic heterocycles. The number of rotatable bonds is 6. The molecule has 0 aliphatic carbocycles. The lowest BCUT2D eigenvalue weighted by molar-refractivity contribution is -0.160. The van der Waals surface area contributed by atoms with E-state index in [4.69, 9.17) is 14.2 Å². The summed E-state index contributed by atoms with van der Waals surface area (Å²) in [6.45, 7) is 9.84. The summed E-state index contributed by atoms with van der Waals surface area (Å²) in [5, 5.41) is 13.1. The van der Waals surface area contributed by atoms with Crippen LogP contribution in [0.4, 0.5) is 10.5 Å². The molecule has 1 atom stereocenters. The second-order valence-corrected chi connectivity index (χ2v) is 10.2. The van der Waals surface area contributed by atoms with E-state index in [1.807, 2.05) is 52.0 Å². The number of nitrogens with one attached hydrogen (secondary N) is 1. The Morgan fingerprint density at radius 1 is 1.05 bits per heavy atom. The number of hydrogen-bond acceptors (Lipinski definition) is 5. The Morgan fingerprint density at radius 2 is 1.78 bits per heavy atom. The van der Waals surface area contributed by atoms with Crippen molar-refractivity contribution in [2.75, 3.05) is 11.9 Å². The SMILES string of the molecule is Cc1cc(NC(=O)Oc2ccccc2)c(C)c(C(OC(C)(C)C)C(=O)O)c1-c1ccc2c(c1)CCCO2. The third kappa shape index (κ3) is 6.12. The number of benzene rings is 3. The summed E-state index contributed by atoms with van der Waals surface area (Å²) in [4.78, 5) is 25.3. The molecule has 7 nitrogen and oxygen atoms in total. The number of aliphatic carboxylic acids is 1. The van der Waals surface area contributed by atoms with Crippen molar-refractivity contribution in [3.63, 3.8) is 0 Å². The highest BCUT2D eigenvalue weighted by molar-refractivity contribution is 5.91. The van der Waals surface area contributed by atoms with Crippen molar-refractivity contribution in [3.8, 4) is 22.6 Å². The summed E-state index contributed by atoms with van der Waals surface area (Å²) < 4.78 is 17.3. The largest absolute Gasteiger partial charge is 0.493 e. The molecule has 1 aliphatic rings. The zero-order valence-electron chi connectivity index (χ0n) is 21.9. The smallest absolute Gasteiger partial charge is 0.417 e. The molecule has 0 radical (unpaired) electrons. The van der Waals surface area contributed by atoms with Gasteiger partial charge in [-0.3, -0.25) is 5.32 Å². The van der Waals surface area contributed by atoms with E-state index >= 15 is 0 Å². The van der Waals surface area contributed by atoms with Gasteiger partial charge < -0.3 is 19.3 Å². The van der Waals surface area contributed by atoms with Crippen molar-refractivity contribution in [1.82, 2.24) is 0 Å². The predicted molar refractivity (Wildman–Crippen MR) is 142 cm³/mol. The number of ether oxygens (including phenoxy) is 3. The Balaban J connectivity index is 1.83. The number of carbonyl (C=O) groups excluding carboxylic acids is 1. The van der Waals surface area contributed by atoms with Gasteiger partial charge in [0.15, 0.2) is 6.10 Å². The monoisotopic (exact) mass is 503 g/mol.